The van der Waals surface area contributed by atoms with Gasteiger partial charge in [-0.05, 0) is 53.9 Å². The van der Waals surface area contributed by atoms with E-state index in [9.17, 15) is 13.2 Å². The van der Waals surface area contributed by atoms with E-state index in [4.69, 9.17) is 23.2 Å². The largest absolute Gasteiger partial charge is 0.326 e. The van der Waals surface area contributed by atoms with Crippen molar-refractivity contribution in [2.45, 2.75) is 17.7 Å². The third-order valence-corrected chi connectivity index (χ3v) is 7.64. The summed E-state index contributed by atoms with van der Waals surface area (Å²) in [4.78, 5) is 12.9. The van der Waals surface area contributed by atoms with Gasteiger partial charge in [0.05, 0.1) is 4.90 Å². The van der Waals surface area contributed by atoms with Crippen LogP contribution in [0.3, 0.4) is 0 Å². The van der Waals surface area contributed by atoms with Crippen LogP contribution in [0.25, 0.3) is 10.8 Å². The van der Waals surface area contributed by atoms with Crippen LogP contribution in [0.2, 0.25) is 10.0 Å². The summed E-state index contributed by atoms with van der Waals surface area (Å²) in [5.74, 6) is -0.429. The van der Waals surface area contributed by atoms with Gasteiger partial charge in [-0.2, -0.15) is 4.31 Å². The highest BCUT2D eigenvalue weighted by Gasteiger charge is 2.32. The molecule has 0 bridgehead atoms. The number of halogens is 2. The molecule has 1 N–H and O–H groups in total. The molecule has 3 aromatic rings. The van der Waals surface area contributed by atoms with Gasteiger partial charge in [0.2, 0.25) is 15.9 Å². The fraction of sp³-hybridized carbons (Fsp3) is 0.227. The second-order valence-corrected chi connectivity index (χ2v) is 10.1. The molecule has 8 heteroatoms. The third kappa shape index (κ3) is 4.47. The summed E-state index contributed by atoms with van der Waals surface area (Å²) in [5.41, 5.74) is 0.531. The molecule has 3 aromatic carbocycles. The molecule has 5 nitrogen and oxygen atoms in total. The lowest BCUT2D eigenvalue weighted by Gasteiger charge is -2.30. The van der Waals surface area contributed by atoms with Crippen molar-refractivity contribution in [1.29, 1.82) is 0 Å². The molecule has 30 heavy (non-hydrogen) atoms. The van der Waals surface area contributed by atoms with Crippen LogP contribution < -0.4 is 5.32 Å². The summed E-state index contributed by atoms with van der Waals surface area (Å²) in [5, 5.41) is 5.58. The normalized spacial score (nSPS) is 15.9. The van der Waals surface area contributed by atoms with Crippen molar-refractivity contribution in [2.24, 2.45) is 5.92 Å². The maximum Gasteiger partial charge on any atom is 0.243 e. The van der Waals surface area contributed by atoms with Gasteiger partial charge in [0.25, 0.3) is 0 Å². The first-order chi connectivity index (χ1) is 14.3. The van der Waals surface area contributed by atoms with Crippen molar-refractivity contribution in [1.82, 2.24) is 4.31 Å². The van der Waals surface area contributed by atoms with E-state index in [0.29, 0.717) is 41.7 Å². The SMILES string of the molecule is O=C(Nc1cc(Cl)cc(Cl)c1)C1CCN(S(=O)(=O)c2ccc3ccccc3c2)CC1. The van der Waals surface area contributed by atoms with E-state index in [2.05, 4.69) is 5.32 Å². The van der Waals surface area contributed by atoms with Crippen molar-refractivity contribution in [2.75, 3.05) is 18.4 Å². The molecule has 0 spiro atoms. The highest BCUT2D eigenvalue weighted by Crippen LogP contribution is 2.28. The van der Waals surface area contributed by atoms with Crippen molar-refractivity contribution in [3.63, 3.8) is 0 Å². The Hall–Kier alpha value is -2.12. The van der Waals surface area contributed by atoms with E-state index in [-0.39, 0.29) is 16.7 Å². The molecule has 156 valence electrons. The van der Waals surface area contributed by atoms with Crippen LogP contribution in [-0.4, -0.2) is 31.7 Å². The summed E-state index contributed by atoms with van der Waals surface area (Å²) in [7, 11) is -3.61. The van der Waals surface area contributed by atoms with Crippen LogP contribution in [0, 0.1) is 5.92 Å². The molecule has 1 aliphatic rings. The number of rotatable bonds is 4. The van der Waals surface area contributed by atoms with Crippen molar-refractivity contribution in [3.05, 3.63) is 70.7 Å². The van der Waals surface area contributed by atoms with Crippen molar-refractivity contribution >= 4 is 55.6 Å². The van der Waals surface area contributed by atoms with Crippen LogP contribution in [0.15, 0.2) is 65.6 Å². The number of hydrogen-bond donors (Lipinski definition) is 1. The average Bonchev–Trinajstić information content (AvgIpc) is 2.72. The highest BCUT2D eigenvalue weighted by atomic mass is 35.5. The van der Waals surface area contributed by atoms with E-state index in [0.717, 1.165) is 10.8 Å². The van der Waals surface area contributed by atoms with E-state index < -0.39 is 10.0 Å². The number of amides is 1. The molecule has 1 aliphatic heterocycles. The Bertz CT molecular complexity index is 1190. The lowest BCUT2D eigenvalue weighted by atomic mass is 9.97. The highest BCUT2D eigenvalue weighted by molar-refractivity contribution is 7.89. The van der Waals surface area contributed by atoms with Crippen LogP contribution in [-0.2, 0) is 14.8 Å². The number of benzene rings is 3. The van der Waals surface area contributed by atoms with Gasteiger partial charge in [0.1, 0.15) is 0 Å². The molecule has 1 fully saturated rings. The van der Waals surface area contributed by atoms with Gasteiger partial charge in [-0.25, -0.2) is 8.42 Å². The molecule has 0 aliphatic carbocycles. The lowest BCUT2D eigenvalue weighted by molar-refractivity contribution is -0.120. The maximum absolute atomic E-state index is 13.1. The number of carbonyl (C=O) groups excluding carboxylic acids is 1. The molecule has 0 aromatic heterocycles. The third-order valence-electron chi connectivity index (χ3n) is 5.31. The number of piperidine rings is 1. The summed E-state index contributed by atoms with van der Waals surface area (Å²) in [6.07, 6.45) is 0.903. The first-order valence-electron chi connectivity index (χ1n) is 9.59. The summed E-state index contributed by atoms with van der Waals surface area (Å²) in [6, 6.07) is 17.7. The van der Waals surface area contributed by atoms with Gasteiger partial charge in [-0.3, -0.25) is 4.79 Å². The van der Waals surface area contributed by atoms with E-state index in [1.807, 2.05) is 30.3 Å². The zero-order valence-electron chi connectivity index (χ0n) is 16.0. The molecule has 0 saturated carbocycles. The maximum atomic E-state index is 13.1. The van der Waals surface area contributed by atoms with Crippen molar-refractivity contribution in [3.8, 4) is 0 Å². The Kier molecular flexibility index (Phi) is 6.02. The average molecular weight is 463 g/mol. The molecule has 0 atom stereocenters. The number of sulfonamides is 1. The Morgan fingerprint density at radius 2 is 1.53 bits per heavy atom. The quantitative estimate of drug-likeness (QED) is 0.580. The van der Waals surface area contributed by atoms with E-state index in [1.165, 1.54) is 4.31 Å². The first-order valence-corrected chi connectivity index (χ1v) is 11.8. The standard InChI is InChI=1S/C22H20Cl2N2O3S/c23-18-12-19(24)14-20(13-18)25-22(27)16-7-9-26(10-8-16)30(28,29)21-6-5-15-3-1-2-4-17(15)11-21/h1-6,11-14,16H,7-10H2,(H,25,27). The van der Waals surface area contributed by atoms with Crippen LogP contribution in [0.4, 0.5) is 5.69 Å². The van der Waals surface area contributed by atoms with Gasteiger partial charge in [-0.15, -0.1) is 0 Å². The van der Waals surface area contributed by atoms with Gasteiger partial charge in [0.15, 0.2) is 0 Å². The predicted molar refractivity (Wildman–Crippen MR) is 121 cm³/mol. The molecule has 1 heterocycles. The van der Waals surface area contributed by atoms with E-state index >= 15 is 0 Å². The predicted octanol–water partition coefficient (Wildman–Crippen LogP) is 5.19. The minimum atomic E-state index is -3.61. The zero-order chi connectivity index (χ0) is 21.3. The smallest absolute Gasteiger partial charge is 0.243 e. The number of nitrogens with one attached hydrogen (secondary N) is 1. The molecular weight excluding hydrogens is 443 g/mol. The fourth-order valence-electron chi connectivity index (χ4n) is 3.71. The number of anilines is 1. The number of fused-ring (bicyclic) bond motifs is 1. The Morgan fingerprint density at radius 3 is 2.20 bits per heavy atom. The number of carbonyl (C=O) groups is 1. The second kappa shape index (κ2) is 8.55. The summed E-state index contributed by atoms with van der Waals surface area (Å²) >= 11 is 11.9. The Labute approximate surface area is 185 Å². The minimum absolute atomic E-state index is 0.156. The minimum Gasteiger partial charge on any atom is -0.326 e. The summed E-state index contributed by atoms with van der Waals surface area (Å²) in [6.45, 7) is 0.590. The Balaban J connectivity index is 1.43. The van der Waals surface area contributed by atoms with Gasteiger partial charge < -0.3 is 5.32 Å². The van der Waals surface area contributed by atoms with Gasteiger partial charge in [0, 0.05) is 34.7 Å². The van der Waals surface area contributed by atoms with Gasteiger partial charge in [-0.1, -0.05) is 53.5 Å². The van der Waals surface area contributed by atoms with Crippen LogP contribution >= 0.6 is 23.2 Å². The fourth-order valence-corrected chi connectivity index (χ4v) is 5.74. The van der Waals surface area contributed by atoms with Crippen molar-refractivity contribution < 1.29 is 13.2 Å². The van der Waals surface area contributed by atoms with E-state index in [1.54, 1.807) is 30.3 Å². The van der Waals surface area contributed by atoms with Crippen LogP contribution in [0.1, 0.15) is 12.8 Å². The molecule has 1 amide bonds. The Morgan fingerprint density at radius 1 is 0.900 bits per heavy atom. The van der Waals surface area contributed by atoms with Crippen LogP contribution in [0.5, 0.6) is 0 Å². The lowest BCUT2D eigenvalue weighted by Crippen LogP contribution is -2.41. The summed E-state index contributed by atoms with van der Waals surface area (Å²) < 4.78 is 27.6. The molecule has 4 rings (SSSR count). The topological polar surface area (TPSA) is 66.5 Å². The molecule has 0 radical (unpaired) electrons. The molecule has 1 saturated heterocycles. The molecule has 0 unspecified atom stereocenters. The zero-order valence-corrected chi connectivity index (χ0v) is 18.3. The van der Waals surface area contributed by atoms with Gasteiger partial charge >= 0.3 is 0 Å². The molecular formula is C22H20Cl2N2O3S. The monoisotopic (exact) mass is 462 g/mol. The second-order valence-electron chi connectivity index (χ2n) is 7.33. The first kappa shape index (κ1) is 21.1. The number of nitrogens with zero attached hydrogens (tertiary/aromatic N) is 1. The number of hydrogen-bond acceptors (Lipinski definition) is 3.